The molecule has 1 aromatic heterocycles. The lowest BCUT2D eigenvalue weighted by atomic mass is 9.94. The molecule has 4 N–H and O–H groups in total. The quantitative estimate of drug-likeness (QED) is 0.594. The largest absolute Gasteiger partial charge is 0.481 e. The fourth-order valence-corrected chi connectivity index (χ4v) is 2.12. The molecule has 21 heavy (non-hydrogen) atoms. The van der Waals surface area contributed by atoms with Gasteiger partial charge in [0.25, 0.3) is 5.91 Å². The number of nitrogens with two attached hydrogens (primary N) is 1. The molecule has 0 aliphatic heterocycles. The summed E-state index contributed by atoms with van der Waals surface area (Å²) in [5.74, 6) is -0.927. The van der Waals surface area contributed by atoms with Crippen LogP contribution >= 0.6 is 0 Å². The van der Waals surface area contributed by atoms with E-state index >= 15 is 0 Å². The molecule has 0 aromatic carbocycles. The summed E-state index contributed by atoms with van der Waals surface area (Å²) in [6.07, 6.45) is 2.31. The van der Waals surface area contributed by atoms with E-state index in [0.717, 1.165) is 6.42 Å². The van der Waals surface area contributed by atoms with E-state index in [1.165, 1.54) is 10.9 Å². The number of hydrogen-bond donors (Lipinski definition) is 3. The smallest absolute Gasteiger partial charge is 0.303 e. The minimum Gasteiger partial charge on any atom is -0.481 e. The Labute approximate surface area is 123 Å². The highest BCUT2D eigenvalue weighted by Crippen LogP contribution is 2.14. The topological polar surface area (TPSA) is 123 Å². The van der Waals surface area contributed by atoms with Crippen molar-refractivity contribution < 1.29 is 14.7 Å². The molecule has 0 aliphatic carbocycles. The summed E-state index contributed by atoms with van der Waals surface area (Å²) in [5.41, 5.74) is 5.60. The van der Waals surface area contributed by atoms with Crippen molar-refractivity contribution in [1.82, 2.24) is 20.3 Å². The van der Waals surface area contributed by atoms with Crippen molar-refractivity contribution in [2.45, 2.75) is 33.2 Å². The zero-order valence-electron chi connectivity index (χ0n) is 12.5. The van der Waals surface area contributed by atoms with Gasteiger partial charge in [0, 0.05) is 19.5 Å². The Morgan fingerprint density at radius 2 is 2.19 bits per heavy atom. The normalized spacial score (nSPS) is 12.4. The molecule has 1 atom stereocenters. The molecule has 0 aliphatic rings. The van der Waals surface area contributed by atoms with E-state index in [-0.39, 0.29) is 23.9 Å². The second-order valence-corrected chi connectivity index (χ2v) is 5.46. The molecule has 1 amide bonds. The van der Waals surface area contributed by atoms with Crippen molar-refractivity contribution in [3.05, 3.63) is 11.9 Å². The van der Waals surface area contributed by atoms with E-state index in [1.54, 1.807) is 0 Å². The minimum atomic E-state index is -0.858. The van der Waals surface area contributed by atoms with Crippen LogP contribution in [0.25, 0.3) is 0 Å². The summed E-state index contributed by atoms with van der Waals surface area (Å²) in [6.45, 7) is 5.27. The van der Waals surface area contributed by atoms with Crippen molar-refractivity contribution >= 4 is 11.9 Å². The Morgan fingerprint density at radius 1 is 1.48 bits per heavy atom. The average Bonchev–Trinajstić information content (AvgIpc) is 2.83. The highest BCUT2D eigenvalue weighted by atomic mass is 16.4. The van der Waals surface area contributed by atoms with Crippen LogP contribution in [0.2, 0.25) is 0 Å². The van der Waals surface area contributed by atoms with Crippen LogP contribution in [0.3, 0.4) is 0 Å². The number of hydrogen-bond acceptors (Lipinski definition) is 5. The van der Waals surface area contributed by atoms with Gasteiger partial charge in [0.2, 0.25) is 0 Å². The molecule has 1 unspecified atom stereocenters. The Morgan fingerprint density at radius 3 is 2.76 bits per heavy atom. The number of nitrogens with zero attached hydrogens (tertiary/aromatic N) is 3. The molecule has 0 radical (unpaired) electrons. The molecule has 1 aromatic rings. The maximum Gasteiger partial charge on any atom is 0.303 e. The van der Waals surface area contributed by atoms with Crippen LogP contribution in [0.4, 0.5) is 0 Å². The molecule has 8 heteroatoms. The number of carboxylic acids is 1. The van der Waals surface area contributed by atoms with Crippen LogP contribution in [0, 0.1) is 11.8 Å². The van der Waals surface area contributed by atoms with Gasteiger partial charge < -0.3 is 16.2 Å². The third-order valence-corrected chi connectivity index (χ3v) is 2.95. The van der Waals surface area contributed by atoms with Crippen molar-refractivity contribution in [2.75, 3.05) is 13.1 Å². The predicted molar refractivity (Wildman–Crippen MR) is 76.6 cm³/mol. The summed E-state index contributed by atoms with van der Waals surface area (Å²) in [4.78, 5) is 22.8. The van der Waals surface area contributed by atoms with E-state index in [2.05, 4.69) is 15.6 Å². The second kappa shape index (κ2) is 8.35. The lowest BCUT2D eigenvalue weighted by molar-refractivity contribution is -0.138. The number of amides is 1. The van der Waals surface area contributed by atoms with Gasteiger partial charge in [-0.3, -0.25) is 14.3 Å². The van der Waals surface area contributed by atoms with Gasteiger partial charge in [-0.25, -0.2) is 0 Å². The molecule has 0 saturated heterocycles. The van der Waals surface area contributed by atoms with Gasteiger partial charge in [-0.2, -0.15) is 0 Å². The van der Waals surface area contributed by atoms with Gasteiger partial charge in [-0.15, -0.1) is 5.10 Å². The summed E-state index contributed by atoms with van der Waals surface area (Å²) in [5, 5.41) is 19.2. The standard InChI is InChI=1S/C13H23N5O3/c1-9(2)5-10(6-12(19)20)7-15-13(21)11-8-18(4-3-14)17-16-11/h8-10H,3-7,14H2,1-2H3,(H,15,21)(H,19,20). The van der Waals surface area contributed by atoms with Gasteiger partial charge in [-0.1, -0.05) is 19.1 Å². The van der Waals surface area contributed by atoms with Crippen molar-refractivity contribution in [2.24, 2.45) is 17.6 Å². The predicted octanol–water partition coefficient (Wildman–Crippen LogP) is 0.104. The number of nitrogens with one attached hydrogen (secondary N) is 1. The zero-order chi connectivity index (χ0) is 15.8. The Hall–Kier alpha value is -1.96. The zero-order valence-corrected chi connectivity index (χ0v) is 12.5. The average molecular weight is 297 g/mol. The number of carboxylic acid groups (broad SMARTS) is 1. The number of rotatable bonds is 9. The van der Waals surface area contributed by atoms with E-state index in [0.29, 0.717) is 25.6 Å². The molecule has 118 valence electrons. The number of aromatic nitrogens is 3. The third kappa shape index (κ3) is 6.35. The van der Waals surface area contributed by atoms with Crippen molar-refractivity contribution in [3.63, 3.8) is 0 Å². The second-order valence-electron chi connectivity index (χ2n) is 5.46. The summed E-state index contributed by atoms with van der Waals surface area (Å²) < 4.78 is 1.50. The van der Waals surface area contributed by atoms with Crippen LogP contribution in [0.5, 0.6) is 0 Å². The van der Waals surface area contributed by atoms with Gasteiger partial charge >= 0.3 is 5.97 Å². The first kappa shape index (κ1) is 17.1. The number of carbonyl (C=O) groups excluding carboxylic acids is 1. The first-order chi connectivity index (χ1) is 9.92. The highest BCUT2D eigenvalue weighted by molar-refractivity contribution is 5.91. The molecule has 1 rings (SSSR count). The fourth-order valence-electron chi connectivity index (χ4n) is 2.12. The van der Waals surface area contributed by atoms with E-state index < -0.39 is 5.97 Å². The van der Waals surface area contributed by atoms with Crippen LogP contribution in [-0.2, 0) is 11.3 Å². The first-order valence-electron chi connectivity index (χ1n) is 7.02. The monoisotopic (exact) mass is 297 g/mol. The summed E-state index contributed by atoms with van der Waals surface area (Å²) in [6, 6.07) is 0. The minimum absolute atomic E-state index is 0.0400. The van der Waals surface area contributed by atoms with Crippen molar-refractivity contribution in [3.8, 4) is 0 Å². The molecule has 8 nitrogen and oxygen atoms in total. The van der Waals surface area contributed by atoms with Crippen LogP contribution in [0.1, 0.15) is 37.2 Å². The van der Waals surface area contributed by atoms with E-state index in [4.69, 9.17) is 10.8 Å². The Kier molecular flexibility index (Phi) is 6.80. The van der Waals surface area contributed by atoms with Crippen LogP contribution in [0.15, 0.2) is 6.20 Å². The van der Waals surface area contributed by atoms with E-state index in [9.17, 15) is 9.59 Å². The van der Waals surface area contributed by atoms with Crippen LogP contribution in [-0.4, -0.2) is 45.1 Å². The molecule has 1 heterocycles. The van der Waals surface area contributed by atoms with E-state index in [1.807, 2.05) is 13.8 Å². The highest BCUT2D eigenvalue weighted by Gasteiger charge is 2.17. The van der Waals surface area contributed by atoms with Gasteiger partial charge in [0.15, 0.2) is 5.69 Å². The maximum absolute atomic E-state index is 11.9. The first-order valence-corrected chi connectivity index (χ1v) is 7.02. The third-order valence-electron chi connectivity index (χ3n) is 2.95. The van der Waals surface area contributed by atoms with Crippen molar-refractivity contribution in [1.29, 1.82) is 0 Å². The van der Waals surface area contributed by atoms with Gasteiger partial charge in [0.05, 0.1) is 12.7 Å². The lowest BCUT2D eigenvalue weighted by Gasteiger charge is -2.17. The number of carbonyl (C=O) groups is 2. The molecular weight excluding hydrogens is 274 g/mol. The fraction of sp³-hybridized carbons (Fsp3) is 0.692. The maximum atomic E-state index is 11.9. The van der Waals surface area contributed by atoms with Gasteiger partial charge in [0.1, 0.15) is 0 Å². The summed E-state index contributed by atoms with van der Waals surface area (Å²) in [7, 11) is 0. The number of aliphatic carboxylic acids is 1. The Balaban J connectivity index is 2.52. The molecule has 0 saturated carbocycles. The lowest BCUT2D eigenvalue weighted by Crippen LogP contribution is -2.31. The molecular formula is C13H23N5O3. The molecule has 0 fully saturated rings. The summed E-state index contributed by atoms with van der Waals surface area (Å²) >= 11 is 0. The Bertz CT molecular complexity index is 472. The molecule has 0 bridgehead atoms. The molecule has 0 spiro atoms. The SMILES string of the molecule is CC(C)CC(CNC(=O)c1cn(CCN)nn1)CC(=O)O. The van der Waals surface area contributed by atoms with Crippen LogP contribution < -0.4 is 11.1 Å². The van der Waals surface area contributed by atoms with Gasteiger partial charge in [-0.05, 0) is 18.3 Å².